The fourth-order valence-electron chi connectivity index (χ4n) is 2.83. The van der Waals surface area contributed by atoms with Crippen molar-refractivity contribution in [3.8, 4) is 0 Å². The van der Waals surface area contributed by atoms with Gasteiger partial charge in [0.15, 0.2) is 0 Å². The van der Waals surface area contributed by atoms with Crippen LogP contribution in [0.4, 0.5) is 0 Å². The lowest BCUT2D eigenvalue weighted by molar-refractivity contribution is -0.140. The van der Waals surface area contributed by atoms with E-state index in [9.17, 15) is 9.59 Å². The lowest BCUT2D eigenvalue weighted by Crippen LogP contribution is -2.52. The summed E-state index contributed by atoms with van der Waals surface area (Å²) in [5.74, 6) is 0.282. The van der Waals surface area contributed by atoms with Gasteiger partial charge in [0.2, 0.25) is 11.8 Å². The third-order valence-electron chi connectivity index (χ3n) is 4.38. The van der Waals surface area contributed by atoms with E-state index in [-0.39, 0.29) is 18.4 Å². The molecule has 0 saturated carbocycles. The van der Waals surface area contributed by atoms with Crippen molar-refractivity contribution >= 4 is 46.8 Å². The highest BCUT2D eigenvalue weighted by Crippen LogP contribution is 2.27. The first-order valence-electron chi connectivity index (χ1n) is 9.80. The Kier molecular flexibility index (Phi) is 9.08. The van der Waals surface area contributed by atoms with Gasteiger partial charge in [-0.2, -0.15) is 0 Å². The Balaban J connectivity index is 2.16. The second-order valence-corrected chi connectivity index (χ2v) is 10.0. The van der Waals surface area contributed by atoms with Crippen molar-refractivity contribution in [2.45, 2.75) is 57.1 Å². The number of rotatable bonds is 8. The van der Waals surface area contributed by atoms with Crippen LogP contribution in [0.25, 0.3) is 0 Å². The number of hydrogen-bond donors (Lipinski definition) is 1. The highest BCUT2D eigenvalue weighted by atomic mass is 35.5. The first kappa shape index (κ1) is 24.6. The van der Waals surface area contributed by atoms with Crippen molar-refractivity contribution in [3.05, 3.63) is 64.1 Å². The number of halogens is 2. The van der Waals surface area contributed by atoms with E-state index in [0.717, 1.165) is 4.90 Å². The summed E-state index contributed by atoms with van der Waals surface area (Å²) in [6.07, 6.45) is 0.300. The van der Waals surface area contributed by atoms with Crippen LogP contribution in [0.2, 0.25) is 10.0 Å². The molecule has 0 unspecified atom stereocenters. The standard InChI is InChI=1S/C23H28Cl2N2O2S/c1-16(22(29)26-23(2,3)4)27(15-18-19(24)11-8-12-20(18)25)21(28)13-14-30-17-9-6-5-7-10-17/h5-12,16H,13-15H2,1-4H3,(H,26,29)/t16-/m0/s1. The summed E-state index contributed by atoms with van der Waals surface area (Å²) in [5, 5.41) is 3.90. The van der Waals surface area contributed by atoms with Gasteiger partial charge in [-0.15, -0.1) is 11.8 Å². The molecule has 0 spiro atoms. The smallest absolute Gasteiger partial charge is 0.242 e. The molecule has 162 valence electrons. The fourth-order valence-corrected chi connectivity index (χ4v) is 4.21. The van der Waals surface area contributed by atoms with Gasteiger partial charge in [0.1, 0.15) is 6.04 Å². The summed E-state index contributed by atoms with van der Waals surface area (Å²) in [4.78, 5) is 28.6. The molecule has 0 bridgehead atoms. The van der Waals surface area contributed by atoms with Crippen molar-refractivity contribution in [1.82, 2.24) is 10.2 Å². The van der Waals surface area contributed by atoms with Crippen molar-refractivity contribution in [1.29, 1.82) is 0 Å². The molecule has 2 rings (SSSR count). The Hall–Kier alpha value is -1.69. The molecule has 4 nitrogen and oxygen atoms in total. The Bertz CT molecular complexity index is 849. The van der Waals surface area contributed by atoms with E-state index in [2.05, 4.69) is 5.32 Å². The average Bonchev–Trinajstić information content (AvgIpc) is 2.66. The number of thioether (sulfide) groups is 1. The maximum absolute atomic E-state index is 13.1. The molecule has 0 aliphatic heterocycles. The lowest BCUT2D eigenvalue weighted by Gasteiger charge is -2.32. The Labute approximate surface area is 193 Å². The molecule has 0 aliphatic carbocycles. The molecule has 1 atom stereocenters. The number of carbonyl (C=O) groups excluding carboxylic acids is 2. The molecule has 0 aliphatic rings. The van der Waals surface area contributed by atoms with Crippen LogP contribution in [0.5, 0.6) is 0 Å². The Morgan fingerprint density at radius 1 is 1.03 bits per heavy atom. The van der Waals surface area contributed by atoms with Crippen LogP contribution < -0.4 is 5.32 Å². The first-order valence-corrected chi connectivity index (χ1v) is 11.5. The van der Waals surface area contributed by atoms with Gasteiger partial charge in [-0.3, -0.25) is 9.59 Å². The lowest BCUT2D eigenvalue weighted by atomic mass is 10.1. The van der Waals surface area contributed by atoms with E-state index in [1.807, 2.05) is 51.1 Å². The predicted molar refractivity (Wildman–Crippen MR) is 126 cm³/mol. The zero-order valence-corrected chi connectivity index (χ0v) is 20.1. The zero-order valence-electron chi connectivity index (χ0n) is 17.7. The Morgan fingerprint density at radius 2 is 1.63 bits per heavy atom. The monoisotopic (exact) mass is 466 g/mol. The van der Waals surface area contributed by atoms with Gasteiger partial charge in [-0.25, -0.2) is 0 Å². The molecule has 0 heterocycles. The number of carbonyl (C=O) groups is 2. The predicted octanol–water partition coefficient (Wildman–Crippen LogP) is 5.81. The van der Waals surface area contributed by atoms with Crippen LogP contribution in [0.15, 0.2) is 53.4 Å². The van der Waals surface area contributed by atoms with Crippen LogP contribution in [-0.4, -0.2) is 34.0 Å². The van der Waals surface area contributed by atoms with E-state index in [0.29, 0.717) is 27.8 Å². The molecule has 0 saturated heterocycles. The van der Waals surface area contributed by atoms with E-state index in [1.165, 1.54) is 0 Å². The zero-order chi connectivity index (χ0) is 22.3. The molecule has 0 radical (unpaired) electrons. The molecule has 0 aromatic heterocycles. The SMILES string of the molecule is C[C@@H](C(=O)NC(C)(C)C)N(Cc1c(Cl)cccc1Cl)C(=O)CCSc1ccccc1. The molecular weight excluding hydrogens is 439 g/mol. The third-order valence-corrected chi connectivity index (χ3v) is 6.11. The first-order chi connectivity index (χ1) is 14.1. The van der Waals surface area contributed by atoms with E-state index in [4.69, 9.17) is 23.2 Å². The molecule has 2 aromatic rings. The third kappa shape index (κ3) is 7.53. The molecule has 2 aromatic carbocycles. The van der Waals surface area contributed by atoms with Gasteiger partial charge in [-0.05, 0) is 52.0 Å². The second-order valence-electron chi connectivity index (χ2n) is 8.05. The van der Waals surface area contributed by atoms with Crippen LogP contribution in [0.3, 0.4) is 0 Å². The number of amides is 2. The van der Waals surface area contributed by atoms with E-state index in [1.54, 1.807) is 41.8 Å². The molecule has 1 N–H and O–H groups in total. The highest BCUT2D eigenvalue weighted by molar-refractivity contribution is 7.99. The second kappa shape index (κ2) is 11.1. The quantitative estimate of drug-likeness (QED) is 0.499. The minimum atomic E-state index is -0.661. The largest absolute Gasteiger partial charge is 0.350 e. The average molecular weight is 467 g/mol. The molecule has 30 heavy (non-hydrogen) atoms. The summed E-state index contributed by atoms with van der Waals surface area (Å²) >= 11 is 14.3. The van der Waals surface area contributed by atoms with Crippen LogP contribution in [0, 0.1) is 0 Å². The van der Waals surface area contributed by atoms with Gasteiger partial charge >= 0.3 is 0 Å². The molecule has 0 fully saturated rings. The number of hydrogen-bond acceptors (Lipinski definition) is 3. The van der Waals surface area contributed by atoms with Gasteiger partial charge in [-0.1, -0.05) is 47.5 Å². The van der Waals surface area contributed by atoms with Gasteiger partial charge in [0.05, 0.1) is 0 Å². The van der Waals surface area contributed by atoms with Crippen molar-refractivity contribution in [2.75, 3.05) is 5.75 Å². The molecule has 2 amide bonds. The topological polar surface area (TPSA) is 49.4 Å². The number of nitrogens with one attached hydrogen (secondary N) is 1. The van der Waals surface area contributed by atoms with Gasteiger partial charge < -0.3 is 10.2 Å². The maximum Gasteiger partial charge on any atom is 0.242 e. The van der Waals surface area contributed by atoms with E-state index < -0.39 is 11.6 Å². The summed E-state index contributed by atoms with van der Waals surface area (Å²) in [5.41, 5.74) is 0.242. The highest BCUT2D eigenvalue weighted by Gasteiger charge is 2.29. The summed E-state index contributed by atoms with van der Waals surface area (Å²) in [6.45, 7) is 7.63. The summed E-state index contributed by atoms with van der Waals surface area (Å²) in [6, 6.07) is 14.5. The summed E-state index contributed by atoms with van der Waals surface area (Å²) in [7, 11) is 0. The summed E-state index contributed by atoms with van der Waals surface area (Å²) < 4.78 is 0. The molecule has 7 heteroatoms. The van der Waals surface area contributed by atoms with Crippen molar-refractivity contribution < 1.29 is 9.59 Å². The minimum absolute atomic E-state index is 0.119. The normalized spacial score (nSPS) is 12.3. The van der Waals surface area contributed by atoms with Gasteiger partial charge in [0, 0.05) is 44.8 Å². The van der Waals surface area contributed by atoms with E-state index >= 15 is 0 Å². The van der Waals surface area contributed by atoms with Crippen molar-refractivity contribution in [2.24, 2.45) is 0 Å². The minimum Gasteiger partial charge on any atom is -0.350 e. The maximum atomic E-state index is 13.1. The Morgan fingerprint density at radius 3 is 2.20 bits per heavy atom. The van der Waals surface area contributed by atoms with Gasteiger partial charge in [0.25, 0.3) is 0 Å². The molecular formula is C23H28Cl2N2O2S. The fraction of sp³-hybridized carbons (Fsp3) is 0.391. The van der Waals surface area contributed by atoms with Crippen LogP contribution >= 0.6 is 35.0 Å². The van der Waals surface area contributed by atoms with Crippen molar-refractivity contribution in [3.63, 3.8) is 0 Å². The number of benzene rings is 2. The van der Waals surface area contributed by atoms with Crippen LogP contribution in [0.1, 0.15) is 39.7 Å². The van der Waals surface area contributed by atoms with Crippen LogP contribution in [-0.2, 0) is 16.1 Å². The number of nitrogens with zero attached hydrogens (tertiary/aromatic N) is 1.